The molecule has 1 aliphatic rings. The number of nitrogens with zero attached hydrogens (tertiary/aromatic N) is 4. The van der Waals surface area contributed by atoms with Crippen molar-refractivity contribution in [3.8, 4) is 0 Å². The summed E-state index contributed by atoms with van der Waals surface area (Å²) in [5.74, 6) is 0.292. The predicted molar refractivity (Wildman–Crippen MR) is 111 cm³/mol. The summed E-state index contributed by atoms with van der Waals surface area (Å²) < 4.78 is 6.30. The lowest BCUT2D eigenvalue weighted by molar-refractivity contribution is 0.250. The number of rotatable bonds is 3. The maximum atomic E-state index is 12.4. The van der Waals surface area contributed by atoms with Crippen LogP contribution < -0.4 is 10.2 Å². The highest BCUT2D eigenvalue weighted by molar-refractivity contribution is 7.99. The van der Waals surface area contributed by atoms with E-state index in [4.69, 9.17) is 4.52 Å². The van der Waals surface area contributed by atoms with Gasteiger partial charge in [-0.1, -0.05) is 41.2 Å². The first kappa shape index (κ1) is 17.6. The van der Waals surface area contributed by atoms with Crippen LogP contribution in [0.1, 0.15) is 11.4 Å². The first-order valence-electron chi connectivity index (χ1n) is 9.10. The lowest BCUT2D eigenvalue weighted by Crippen LogP contribution is -2.22. The molecule has 0 saturated heterocycles. The Labute approximate surface area is 171 Å². The second kappa shape index (κ2) is 7.14. The Kier molecular flexibility index (Phi) is 4.33. The normalized spacial score (nSPS) is 12.4. The molecular formula is C21H17N5O2S. The second-order valence-corrected chi connectivity index (χ2v) is 7.72. The summed E-state index contributed by atoms with van der Waals surface area (Å²) in [5.41, 5.74) is 3.74. The molecule has 29 heavy (non-hydrogen) atoms. The van der Waals surface area contributed by atoms with Crippen molar-refractivity contribution in [1.29, 1.82) is 0 Å². The smallest absolute Gasteiger partial charge is 0.338 e. The van der Waals surface area contributed by atoms with E-state index in [1.54, 1.807) is 30.9 Å². The molecule has 0 fully saturated rings. The van der Waals surface area contributed by atoms with Crippen molar-refractivity contribution in [3.05, 3.63) is 78.2 Å². The van der Waals surface area contributed by atoms with Crippen molar-refractivity contribution in [2.45, 2.75) is 23.3 Å². The van der Waals surface area contributed by atoms with Gasteiger partial charge in [-0.15, -0.1) is 0 Å². The molecule has 5 rings (SSSR count). The van der Waals surface area contributed by atoms with Gasteiger partial charge in [0.1, 0.15) is 0 Å². The third kappa shape index (κ3) is 3.38. The highest BCUT2D eigenvalue weighted by Crippen LogP contribution is 2.48. The molecule has 0 atom stereocenters. The Morgan fingerprint density at radius 3 is 2.41 bits per heavy atom. The number of carbonyl (C=O) groups is 1. The Hall–Kier alpha value is -3.52. The minimum Gasteiger partial charge on any atom is -0.338 e. The summed E-state index contributed by atoms with van der Waals surface area (Å²) in [7, 11) is 0. The van der Waals surface area contributed by atoms with Crippen LogP contribution in [0.25, 0.3) is 0 Å². The molecule has 0 saturated carbocycles. The molecule has 1 aliphatic heterocycles. The molecule has 0 bridgehead atoms. The van der Waals surface area contributed by atoms with Crippen LogP contribution in [0, 0.1) is 6.92 Å². The van der Waals surface area contributed by atoms with Gasteiger partial charge in [-0.25, -0.2) is 4.79 Å². The number of anilines is 3. The third-order valence-electron chi connectivity index (χ3n) is 4.56. The molecule has 8 heteroatoms. The van der Waals surface area contributed by atoms with E-state index in [0.717, 1.165) is 17.1 Å². The SMILES string of the molecule is Cc1cc(NC(=O)n2ccc(CN3c4ccccc4Sc4ccccc43)n2)on1. The van der Waals surface area contributed by atoms with E-state index in [1.165, 1.54) is 14.5 Å². The van der Waals surface area contributed by atoms with Crippen LogP contribution in [0.5, 0.6) is 0 Å². The second-order valence-electron chi connectivity index (χ2n) is 6.64. The zero-order valence-corrected chi connectivity index (χ0v) is 16.4. The summed E-state index contributed by atoms with van der Waals surface area (Å²) >= 11 is 1.76. The zero-order valence-electron chi connectivity index (χ0n) is 15.6. The third-order valence-corrected chi connectivity index (χ3v) is 5.69. The number of hydrogen-bond acceptors (Lipinski definition) is 6. The van der Waals surface area contributed by atoms with Crippen LogP contribution >= 0.6 is 11.8 Å². The molecule has 1 amide bonds. The maximum absolute atomic E-state index is 12.4. The standard InChI is InChI=1S/C21H17N5O2S/c1-14-12-20(28-24-14)22-21(27)26-11-10-15(23-26)13-25-16-6-2-4-8-18(16)29-19-9-5-3-7-17(19)25/h2-12H,13H2,1H3,(H,22,27). The molecule has 2 aromatic heterocycles. The highest BCUT2D eigenvalue weighted by Gasteiger charge is 2.23. The molecular weight excluding hydrogens is 386 g/mol. The Morgan fingerprint density at radius 1 is 1.07 bits per heavy atom. The lowest BCUT2D eigenvalue weighted by Gasteiger charge is -2.32. The molecule has 1 N–H and O–H groups in total. The first-order valence-corrected chi connectivity index (χ1v) is 9.92. The van der Waals surface area contributed by atoms with Gasteiger partial charge in [0.2, 0.25) is 5.88 Å². The summed E-state index contributed by atoms with van der Waals surface area (Å²) in [5, 5.41) is 10.9. The quantitative estimate of drug-likeness (QED) is 0.515. The van der Waals surface area contributed by atoms with Gasteiger partial charge in [0, 0.05) is 22.1 Å². The summed E-state index contributed by atoms with van der Waals surface area (Å²) in [6.07, 6.45) is 1.64. The molecule has 3 heterocycles. The molecule has 144 valence electrons. The van der Waals surface area contributed by atoms with Crippen molar-refractivity contribution in [2.75, 3.05) is 10.2 Å². The van der Waals surface area contributed by atoms with Crippen LogP contribution in [-0.4, -0.2) is 21.0 Å². The number of aromatic nitrogens is 3. The van der Waals surface area contributed by atoms with Crippen LogP contribution in [0.3, 0.4) is 0 Å². The Bertz CT molecular complexity index is 1150. The van der Waals surface area contributed by atoms with Crippen molar-refractivity contribution in [1.82, 2.24) is 14.9 Å². The number of hydrogen-bond donors (Lipinski definition) is 1. The van der Waals surface area contributed by atoms with E-state index in [0.29, 0.717) is 18.1 Å². The number of benzene rings is 2. The molecule has 7 nitrogen and oxygen atoms in total. The van der Waals surface area contributed by atoms with Gasteiger partial charge in [0.15, 0.2) is 0 Å². The van der Waals surface area contributed by atoms with E-state index in [2.05, 4.69) is 44.7 Å². The predicted octanol–water partition coefficient (Wildman–Crippen LogP) is 5.06. The van der Waals surface area contributed by atoms with Gasteiger partial charge in [0.05, 0.1) is 29.3 Å². The van der Waals surface area contributed by atoms with Crippen molar-refractivity contribution >= 4 is 35.1 Å². The van der Waals surface area contributed by atoms with E-state index < -0.39 is 6.03 Å². The van der Waals surface area contributed by atoms with Gasteiger partial charge in [-0.3, -0.25) is 5.32 Å². The maximum Gasteiger partial charge on any atom is 0.348 e. The number of nitrogens with one attached hydrogen (secondary N) is 1. The number of amides is 1. The lowest BCUT2D eigenvalue weighted by atomic mass is 10.2. The van der Waals surface area contributed by atoms with E-state index in [-0.39, 0.29) is 0 Å². The number of carbonyl (C=O) groups excluding carboxylic acids is 1. The summed E-state index contributed by atoms with van der Waals surface area (Å²) in [6.45, 7) is 2.34. The molecule has 2 aromatic carbocycles. The van der Waals surface area contributed by atoms with Crippen LogP contribution in [0.2, 0.25) is 0 Å². The average Bonchev–Trinajstić information content (AvgIpc) is 3.37. The molecule has 0 radical (unpaired) electrons. The fraction of sp³-hybridized carbons (Fsp3) is 0.0952. The molecule has 0 spiro atoms. The van der Waals surface area contributed by atoms with E-state index in [9.17, 15) is 4.79 Å². The van der Waals surface area contributed by atoms with Crippen molar-refractivity contribution < 1.29 is 9.32 Å². The van der Waals surface area contributed by atoms with Crippen LogP contribution in [0.15, 0.2) is 81.2 Å². The largest absolute Gasteiger partial charge is 0.348 e. The molecule has 0 unspecified atom stereocenters. The average molecular weight is 403 g/mol. The minimum atomic E-state index is -0.401. The monoisotopic (exact) mass is 403 g/mol. The molecule has 0 aliphatic carbocycles. The highest BCUT2D eigenvalue weighted by atomic mass is 32.2. The Balaban J connectivity index is 1.41. The number of para-hydroxylation sites is 2. The van der Waals surface area contributed by atoms with E-state index in [1.807, 2.05) is 30.3 Å². The summed E-state index contributed by atoms with van der Waals surface area (Å²) in [4.78, 5) is 17.0. The fourth-order valence-electron chi connectivity index (χ4n) is 3.26. The number of fused-ring (bicyclic) bond motifs is 2. The van der Waals surface area contributed by atoms with Crippen LogP contribution in [-0.2, 0) is 6.54 Å². The zero-order chi connectivity index (χ0) is 19.8. The minimum absolute atomic E-state index is 0.292. The van der Waals surface area contributed by atoms with E-state index >= 15 is 0 Å². The van der Waals surface area contributed by atoms with Gasteiger partial charge in [-0.05, 0) is 37.3 Å². The fourth-order valence-corrected chi connectivity index (χ4v) is 4.35. The van der Waals surface area contributed by atoms with Crippen LogP contribution in [0.4, 0.5) is 22.1 Å². The topological polar surface area (TPSA) is 76.2 Å². The van der Waals surface area contributed by atoms with Crippen molar-refractivity contribution in [2.24, 2.45) is 0 Å². The summed E-state index contributed by atoms with van der Waals surface area (Å²) in [6, 6.07) is 19.7. The van der Waals surface area contributed by atoms with Gasteiger partial charge in [-0.2, -0.15) is 9.78 Å². The van der Waals surface area contributed by atoms with Gasteiger partial charge < -0.3 is 9.42 Å². The van der Waals surface area contributed by atoms with Gasteiger partial charge in [0.25, 0.3) is 0 Å². The van der Waals surface area contributed by atoms with Gasteiger partial charge >= 0.3 is 6.03 Å². The first-order chi connectivity index (χ1) is 14.2. The van der Waals surface area contributed by atoms with Crippen molar-refractivity contribution in [3.63, 3.8) is 0 Å². The molecule has 4 aromatic rings. The number of aryl methyl sites for hydroxylation is 1. The Morgan fingerprint density at radius 2 is 1.76 bits per heavy atom.